The highest BCUT2D eigenvalue weighted by molar-refractivity contribution is 5.82. The van der Waals surface area contributed by atoms with Crippen LogP contribution in [0, 0.1) is 0 Å². The largest absolute Gasteiger partial charge is 0.468 e. The summed E-state index contributed by atoms with van der Waals surface area (Å²) in [6.45, 7) is 1.77. The third-order valence-corrected chi connectivity index (χ3v) is 4.97. The van der Waals surface area contributed by atoms with Gasteiger partial charge < -0.3 is 24.6 Å². The highest BCUT2D eigenvalue weighted by atomic mass is 19.4. The Morgan fingerprint density at radius 2 is 2.07 bits per heavy atom. The predicted molar refractivity (Wildman–Crippen MR) is 103 cm³/mol. The van der Waals surface area contributed by atoms with E-state index in [1.54, 1.807) is 19.2 Å². The maximum Gasteiger partial charge on any atom is 0.422 e. The topological polar surface area (TPSA) is 79.3 Å². The van der Waals surface area contributed by atoms with Crippen molar-refractivity contribution in [2.45, 2.75) is 31.7 Å². The molecule has 1 aromatic rings. The van der Waals surface area contributed by atoms with E-state index in [-0.39, 0.29) is 24.4 Å². The Morgan fingerprint density at radius 1 is 1.33 bits per heavy atom. The monoisotopic (exact) mass is 429 g/mol. The molecule has 2 aliphatic rings. The molecule has 0 bridgehead atoms. The van der Waals surface area contributed by atoms with Gasteiger partial charge in [0.25, 0.3) is 5.91 Å². The lowest BCUT2D eigenvalue weighted by atomic mass is 10.2. The molecule has 1 amide bonds. The average Bonchev–Trinajstić information content (AvgIpc) is 3.28. The minimum atomic E-state index is -4.43. The fourth-order valence-electron chi connectivity index (χ4n) is 3.46. The molecule has 0 saturated carbocycles. The number of amides is 1. The molecule has 30 heavy (non-hydrogen) atoms. The van der Waals surface area contributed by atoms with E-state index >= 15 is 0 Å². The van der Waals surface area contributed by atoms with Crippen molar-refractivity contribution >= 4 is 11.9 Å². The van der Waals surface area contributed by atoms with Gasteiger partial charge in [0, 0.05) is 58.1 Å². The molecule has 1 N–H and O–H groups in total. The second-order valence-corrected chi connectivity index (χ2v) is 7.09. The maximum atomic E-state index is 12.5. The predicted octanol–water partition coefficient (Wildman–Crippen LogP) is 1.42. The van der Waals surface area contributed by atoms with Gasteiger partial charge in [0.1, 0.15) is 6.10 Å². The van der Waals surface area contributed by atoms with Crippen LogP contribution in [0.1, 0.15) is 18.4 Å². The summed E-state index contributed by atoms with van der Waals surface area (Å²) in [7, 11) is 1.64. The van der Waals surface area contributed by atoms with Gasteiger partial charge in [-0.1, -0.05) is 6.07 Å². The molecule has 0 spiro atoms. The number of pyridine rings is 1. The van der Waals surface area contributed by atoms with Crippen LogP contribution < -0.4 is 10.1 Å². The molecule has 2 saturated heterocycles. The number of carbonyl (C=O) groups is 1. The average molecular weight is 429 g/mol. The Balaban J connectivity index is 1.52. The van der Waals surface area contributed by atoms with Crippen molar-refractivity contribution in [1.82, 2.24) is 20.1 Å². The van der Waals surface area contributed by atoms with Gasteiger partial charge in [0.2, 0.25) is 5.88 Å². The Kier molecular flexibility index (Phi) is 7.35. The molecule has 0 aromatic carbocycles. The standard InChI is InChI=1S/C19H26F3N5O3/c1-23-18(25-12-14-4-2-6-24-16(14)30-13-19(20,21)22)27-9-7-26(8-10-27)17(28)15-5-3-11-29-15/h2,4,6,15H,3,5,7-13H2,1H3,(H,23,25). The van der Waals surface area contributed by atoms with Crippen LogP contribution in [-0.2, 0) is 16.1 Å². The number of nitrogens with zero attached hydrogens (tertiary/aromatic N) is 4. The van der Waals surface area contributed by atoms with Crippen LogP contribution in [0.3, 0.4) is 0 Å². The molecule has 166 valence electrons. The van der Waals surface area contributed by atoms with E-state index in [0.717, 1.165) is 12.8 Å². The van der Waals surface area contributed by atoms with Gasteiger partial charge >= 0.3 is 6.18 Å². The summed E-state index contributed by atoms with van der Waals surface area (Å²) in [6, 6.07) is 3.28. The Bertz CT molecular complexity index is 745. The van der Waals surface area contributed by atoms with E-state index in [1.165, 1.54) is 6.20 Å². The first-order valence-corrected chi connectivity index (χ1v) is 9.87. The number of aromatic nitrogens is 1. The molecular formula is C19H26F3N5O3. The molecule has 2 fully saturated rings. The van der Waals surface area contributed by atoms with Crippen molar-refractivity contribution < 1.29 is 27.4 Å². The Morgan fingerprint density at radius 3 is 2.70 bits per heavy atom. The highest BCUT2D eigenvalue weighted by Gasteiger charge is 2.31. The molecule has 0 aliphatic carbocycles. The first-order valence-electron chi connectivity index (χ1n) is 9.87. The molecule has 1 unspecified atom stereocenters. The summed E-state index contributed by atoms with van der Waals surface area (Å²) in [4.78, 5) is 24.4. The lowest BCUT2D eigenvalue weighted by molar-refractivity contribution is -0.154. The van der Waals surface area contributed by atoms with E-state index in [9.17, 15) is 18.0 Å². The third-order valence-electron chi connectivity index (χ3n) is 4.97. The first kappa shape index (κ1) is 22.1. The van der Waals surface area contributed by atoms with Crippen LogP contribution in [0.2, 0.25) is 0 Å². The number of nitrogens with one attached hydrogen (secondary N) is 1. The number of hydrogen-bond donors (Lipinski definition) is 1. The molecule has 2 aliphatic heterocycles. The minimum absolute atomic E-state index is 0.0388. The molecule has 3 rings (SSSR count). The van der Waals surface area contributed by atoms with Gasteiger partial charge in [-0.3, -0.25) is 9.79 Å². The van der Waals surface area contributed by atoms with Crippen molar-refractivity contribution in [2.24, 2.45) is 4.99 Å². The zero-order valence-corrected chi connectivity index (χ0v) is 16.8. The van der Waals surface area contributed by atoms with Gasteiger partial charge in [0.05, 0.1) is 0 Å². The number of aliphatic imine (C=N–C) groups is 1. The second kappa shape index (κ2) is 9.96. The molecule has 8 nitrogen and oxygen atoms in total. The van der Waals surface area contributed by atoms with Crippen molar-refractivity contribution in [1.29, 1.82) is 0 Å². The number of alkyl halides is 3. The third kappa shape index (κ3) is 5.97. The summed E-state index contributed by atoms with van der Waals surface area (Å²) in [6.07, 6.45) is -1.69. The number of halogens is 3. The number of carbonyl (C=O) groups excluding carboxylic acids is 1. The van der Waals surface area contributed by atoms with E-state index in [1.807, 2.05) is 9.80 Å². The highest BCUT2D eigenvalue weighted by Crippen LogP contribution is 2.20. The van der Waals surface area contributed by atoms with E-state index < -0.39 is 12.8 Å². The summed E-state index contributed by atoms with van der Waals surface area (Å²) < 4.78 is 47.6. The molecular weight excluding hydrogens is 403 g/mol. The van der Waals surface area contributed by atoms with E-state index in [2.05, 4.69) is 15.3 Å². The maximum absolute atomic E-state index is 12.5. The molecule has 1 atom stereocenters. The number of rotatable bonds is 5. The number of hydrogen-bond acceptors (Lipinski definition) is 5. The van der Waals surface area contributed by atoms with Crippen LogP contribution in [0.15, 0.2) is 23.3 Å². The van der Waals surface area contributed by atoms with Crippen molar-refractivity contribution in [3.63, 3.8) is 0 Å². The first-order chi connectivity index (χ1) is 14.4. The fraction of sp³-hybridized carbons (Fsp3) is 0.632. The Labute approximate surface area is 173 Å². The number of ether oxygens (including phenoxy) is 2. The van der Waals surface area contributed by atoms with Crippen LogP contribution in [-0.4, -0.2) is 85.4 Å². The van der Waals surface area contributed by atoms with Crippen molar-refractivity contribution in [3.05, 3.63) is 23.9 Å². The van der Waals surface area contributed by atoms with Gasteiger partial charge in [-0.15, -0.1) is 0 Å². The van der Waals surface area contributed by atoms with Crippen LogP contribution in [0.5, 0.6) is 5.88 Å². The normalized spacial score (nSPS) is 20.4. The van der Waals surface area contributed by atoms with E-state index in [4.69, 9.17) is 9.47 Å². The zero-order valence-electron chi connectivity index (χ0n) is 16.8. The summed E-state index contributed by atoms with van der Waals surface area (Å²) in [5.74, 6) is 0.575. The smallest absolute Gasteiger partial charge is 0.422 e. The van der Waals surface area contributed by atoms with Crippen molar-refractivity contribution in [2.75, 3.05) is 46.4 Å². The van der Waals surface area contributed by atoms with Gasteiger partial charge in [-0.25, -0.2) is 4.98 Å². The summed E-state index contributed by atoms with van der Waals surface area (Å²) in [5, 5.41) is 3.14. The molecule has 1 aromatic heterocycles. The minimum Gasteiger partial charge on any atom is -0.468 e. The lowest BCUT2D eigenvalue weighted by Gasteiger charge is -2.37. The van der Waals surface area contributed by atoms with Gasteiger partial charge in [-0.2, -0.15) is 13.2 Å². The SMILES string of the molecule is CN=C(NCc1cccnc1OCC(F)(F)F)N1CCN(C(=O)C2CCCO2)CC1. The second-order valence-electron chi connectivity index (χ2n) is 7.09. The Hall–Kier alpha value is -2.56. The van der Waals surface area contributed by atoms with Gasteiger partial charge in [0.15, 0.2) is 12.6 Å². The summed E-state index contributed by atoms with van der Waals surface area (Å²) >= 11 is 0. The van der Waals surface area contributed by atoms with Gasteiger partial charge in [-0.05, 0) is 18.9 Å². The molecule has 0 radical (unpaired) electrons. The van der Waals surface area contributed by atoms with Crippen molar-refractivity contribution in [3.8, 4) is 5.88 Å². The lowest BCUT2D eigenvalue weighted by Crippen LogP contribution is -2.55. The molecule has 3 heterocycles. The van der Waals surface area contributed by atoms with E-state index in [0.29, 0.717) is 44.3 Å². The number of guanidine groups is 1. The fourth-order valence-corrected chi connectivity index (χ4v) is 3.46. The van der Waals surface area contributed by atoms with Crippen LogP contribution in [0.25, 0.3) is 0 Å². The number of piperazine rings is 1. The zero-order chi connectivity index (χ0) is 21.6. The molecule has 11 heteroatoms. The quantitative estimate of drug-likeness (QED) is 0.564. The van der Waals surface area contributed by atoms with Crippen LogP contribution >= 0.6 is 0 Å². The van der Waals surface area contributed by atoms with Crippen LogP contribution in [0.4, 0.5) is 13.2 Å². The summed E-state index contributed by atoms with van der Waals surface area (Å²) in [5.41, 5.74) is 0.495.